The molecule has 0 aromatic heterocycles. The van der Waals surface area contributed by atoms with Gasteiger partial charge in [0.15, 0.2) is 5.78 Å². The first-order valence-corrected chi connectivity index (χ1v) is 5.29. The van der Waals surface area contributed by atoms with Gasteiger partial charge >= 0.3 is 0 Å². The highest BCUT2D eigenvalue weighted by Crippen LogP contribution is 2.18. The lowest BCUT2D eigenvalue weighted by atomic mass is 10.1. The van der Waals surface area contributed by atoms with Crippen LogP contribution in [0.15, 0.2) is 48.5 Å². The SMILES string of the molecule is CC(=O)c1cccc(Nc2cccc(F)c2)c1. The monoisotopic (exact) mass is 229 g/mol. The van der Waals surface area contributed by atoms with E-state index in [0.29, 0.717) is 11.3 Å². The van der Waals surface area contributed by atoms with Crippen molar-refractivity contribution in [3.8, 4) is 0 Å². The number of carbonyl (C=O) groups is 1. The first-order chi connectivity index (χ1) is 8.15. The van der Waals surface area contributed by atoms with Gasteiger partial charge in [-0.2, -0.15) is 0 Å². The standard InChI is InChI=1S/C14H12FNO/c1-10(17)11-4-2-6-13(8-11)16-14-7-3-5-12(15)9-14/h2-9,16H,1H3. The fourth-order valence-corrected chi connectivity index (χ4v) is 1.55. The molecule has 86 valence electrons. The number of Topliss-reactive ketones (excluding diaryl/α,β-unsaturated/α-hetero) is 1. The number of carbonyl (C=O) groups excluding carboxylic acids is 1. The Morgan fingerprint density at radius 1 is 1.06 bits per heavy atom. The summed E-state index contributed by atoms with van der Waals surface area (Å²) in [5, 5.41) is 3.05. The summed E-state index contributed by atoms with van der Waals surface area (Å²) in [6, 6.07) is 13.3. The van der Waals surface area contributed by atoms with Crippen molar-refractivity contribution in [2.75, 3.05) is 5.32 Å². The van der Waals surface area contributed by atoms with Gasteiger partial charge in [-0.25, -0.2) is 4.39 Å². The van der Waals surface area contributed by atoms with Gasteiger partial charge in [0.2, 0.25) is 0 Å². The van der Waals surface area contributed by atoms with Crippen LogP contribution in [0.3, 0.4) is 0 Å². The van der Waals surface area contributed by atoms with E-state index in [9.17, 15) is 9.18 Å². The van der Waals surface area contributed by atoms with Crippen LogP contribution in [0.25, 0.3) is 0 Å². The van der Waals surface area contributed by atoms with Gasteiger partial charge in [-0.3, -0.25) is 4.79 Å². The molecule has 2 nitrogen and oxygen atoms in total. The van der Waals surface area contributed by atoms with E-state index in [4.69, 9.17) is 0 Å². The molecule has 0 saturated carbocycles. The van der Waals surface area contributed by atoms with Crippen molar-refractivity contribution in [3.63, 3.8) is 0 Å². The Kier molecular flexibility index (Phi) is 3.19. The predicted octanol–water partition coefficient (Wildman–Crippen LogP) is 3.77. The summed E-state index contributed by atoms with van der Waals surface area (Å²) in [6.45, 7) is 1.52. The minimum Gasteiger partial charge on any atom is -0.355 e. The van der Waals surface area contributed by atoms with Gasteiger partial charge in [0.1, 0.15) is 5.82 Å². The molecule has 0 radical (unpaired) electrons. The van der Waals surface area contributed by atoms with Crippen molar-refractivity contribution >= 4 is 17.2 Å². The molecule has 1 N–H and O–H groups in total. The van der Waals surface area contributed by atoms with Crippen molar-refractivity contribution in [2.45, 2.75) is 6.92 Å². The maximum absolute atomic E-state index is 13.0. The number of halogens is 1. The van der Waals surface area contributed by atoms with Crippen molar-refractivity contribution in [2.24, 2.45) is 0 Å². The Hall–Kier alpha value is -2.16. The maximum Gasteiger partial charge on any atom is 0.159 e. The number of hydrogen-bond donors (Lipinski definition) is 1. The zero-order chi connectivity index (χ0) is 12.3. The number of rotatable bonds is 3. The second kappa shape index (κ2) is 4.78. The normalized spacial score (nSPS) is 10.0. The van der Waals surface area contributed by atoms with Crippen LogP contribution in [0.1, 0.15) is 17.3 Å². The van der Waals surface area contributed by atoms with E-state index in [2.05, 4.69) is 5.32 Å². The van der Waals surface area contributed by atoms with Crippen LogP contribution in [-0.4, -0.2) is 5.78 Å². The third kappa shape index (κ3) is 2.91. The molecule has 0 unspecified atom stereocenters. The van der Waals surface area contributed by atoms with Gasteiger partial charge in [0.05, 0.1) is 0 Å². The molecule has 0 aliphatic rings. The Balaban J connectivity index is 2.24. The van der Waals surface area contributed by atoms with Crippen molar-refractivity contribution < 1.29 is 9.18 Å². The third-order valence-corrected chi connectivity index (χ3v) is 2.38. The smallest absolute Gasteiger partial charge is 0.159 e. The molecule has 3 heteroatoms. The molecule has 17 heavy (non-hydrogen) atoms. The van der Waals surface area contributed by atoms with Crippen LogP contribution in [0.4, 0.5) is 15.8 Å². The van der Waals surface area contributed by atoms with Gasteiger partial charge in [0, 0.05) is 16.9 Å². The quantitative estimate of drug-likeness (QED) is 0.811. The number of ketones is 1. The fraction of sp³-hybridized carbons (Fsp3) is 0.0714. The van der Waals surface area contributed by atoms with Gasteiger partial charge in [-0.15, -0.1) is 0 Å². The van der Waals surface area contributed by atoms with Crippen molar-refractivity contribution in [3.05, 3.63) is 59.9 Å². The Labute approximate surface area is 99.1 Å². The number of anilines is 2. The van der Waals surface area contributed by atoms with Gasteiger partial charge in [-0.05, 0) is 37.3 Å². The van der Waals surface area contributed by atoms with Gasteiger partial charge in [0.25, 0.3) is 0 Å². The van der Waals surface area contributed by atoms with Crippen LogP contribution in [-0.2, 0) is 0 Å². The molecule has 0 fully saturated rings. The van der Waals surface area contributed by atoms with Crippen molar-refractivity contribution in [1.82, 2.24) is 0 Å². The highest BCUT2D eigenvalue weighted by Gasteiger charge is 2.01. The van der Waals surface area contributed by atoms with E-state index >= 15 is 0 Å². The maximum atomic E-state index is 13.0. The van der Waals surface area contributed by atoms with E-state index in [0.717, 1.165) is 5.69 Å². The summed E-state index contributed by atoms with van der Waals surface area (Å²) in [5.74, 6) is -0.286. The number of nitrogens with one attached hydrogen (secondary N) is 1. The summed E-state index contributed by atoms with van der Waals surface area (Å²) in [4.78, 5) is 11.2. The molecule has 2 aromatic carbocycles. The Morgan fingerprint density at radius 3 is 2.35 bits per heavy atom. The van der Waals surface area contributed by atoms with Crippen LogP contribution in [0, 0.1) is 5.82 Å². The molecular weight excluding hydrogens is 217 g/mol. The number of benzene rings is 2. The second-order valence-electron chi connectivity index (χ2n) is 3.77. The average Bonchev–Trinajstić information content (AvgIpc) is 2.29. The van der Waals surface area contributed by atoms with Crippen LogP contribution in [0.2, 0.25) is 0 Å². The molecule has 0 saturated heterocycles. The molecule has 0 heterocycles. The molecule has 0 amide bonds. The lowest BCUT2D eigenvalue weighted by Crippen LogP contribution is -1.95. The first kappa shape index (κ1) is 11.3. The van der Waals surface area contributed by atoms with E-state index in [-0.39, 0.29) is 11.6 Å². The van der Waals surface area contributed by atoms with E-state index in [1.165, 1.54) is 19.1 Å². The molecular formula is C14H12FNO. The first-order valence-electron chi connectivity index (χ1n) is 5.29. The molecule has 0 bridgehead atoms. The van der Waals surface area contributed by atoms with Crippen LogP contribution >= 0.6 is 0 Å². The van der Waals surface area contributed by atoms with Gasteiger partial charge < -0.3 is 5.32 Å². The molecule has 0 spiro atoms. The summed E-state index contributed by atoms with van der Waals surface area (Å²) < 4.78 is 13.0. The van der Waals surface area contributed by atoms with E-state index < -0.39 is 0 Å². The van der Waals surface area contributed by atoms with Crippen molar-refractivity contribution in [1.29, 1.82) is 0 Å². The fourth-order valence-electron chi connectivity index (χ4n) is 1.55. The van der Waals surface area contributed by atoms with E-state index in [1.807, 2.05) is 6.07 Å². The minimum atomic E-state index is -0.294. The van der Waals surface area contributed by atoms with Crippen LogP contribution < -0.4 is 5.32 Å². The second-order valence-corrected chi connectivity index (χ2v) is 3.77. The summed E-state index contributed by atoms with van der Waals surface area (Å²) in [5.41, 5.74) is 2.06. The highest BCUT2D eigenvalue weighted by molar-refractivity contribution is 5.95. The molecule has 2 rings (SSSR count). The Morgan fingerprint density at radius 2 is 1.71 bits per heavy atom. The largest absolute Gasteiger partial charge is 0.355 e. The molecule has 0 aliphatic heterocycles. The number of hydrogen-bond acceptors (Lipinski definition) is 2. The lowest BCUT2D eigenvalue weighted by molar-refractivity contribution is 0.101. The minimum absolute atomic E-state index is 0.00731. The summed E-state index contributed by atoms with van der Waals surface area (Å²) in [6.07, 6.45) is 0. The van der Waals surface area contributed by atoms with E-state index in [1.54, 1.807) is 30.3 Å². The topological polar surface area (TPSA) is 29.1 Å². The highest BCUT2D eigenvalue weighted by atomic mass is 19.1. The molecule has 0 aliphatic carbocycles. The zero-order valence-corrected chi connectivity index (χ0v) is 9.41. The summed E-state index contributed by atoms with van der Waals surface area (Å²) >= 11 is 0. The molecule has 2 aromatic rings. The van der Waals surface area contributed by atoms with Crippen LogP contribution in [0.5, 0.6) is 0 Å². The van der Waals surface area contributed by atoms with Gasteiger partial charge in [-0.1, -0.05) is 18.2 Å². The Bertz CT molecular complexity index is 551. The third-order valence-electron chi connectivity index (χ3n) is 2.38. The zero-order valence-electron chi connectivity index (χ0n) is 9.41. The average molecular weight is 229 g/mol. The summed E-state index contributed by atoms with van der Waals surface area (Å²) in [7, 11) is 0. The predicted molar refractivity (Wildman–Crippen MR) is 66.1 cm³/mol. The molecule has 0 atom stereocenters. The lowest BCUT2D eigenvalue weighted by Gasteiger charge is -2.07.